The lowest BCUT2D eigenvalue weighted by Gasteiger charge is -2.28. The Bertz CT molecular complexity index is 538. The van der Waals surface area contributed by atoms with Gasteiger partial charge in [-0.05, 0) is 24.9 Å². The average molecular weight is 278 g/mol. The van der Waals surface area contributed by atoms with Gasteiger partial charge in [0.25, 0.3) is 5.56 Å². The molecule has 0 amide bonds. The summed E-state index contributed by atoms with van der Waals surface area (Å²) in [6, 6.07) is 5.10. The maximum Gasteiger partial charge on any atom is 0.311 e. The van der Waals surface area contributed by atoms with Crippen molar-refractivity contribution in [2.24, 2.45) is 11.3 Å². The molecule has 0 aromatic carbocycles. The Hall–Kier alpha value is -1.62. The summed E-state index contributed by atoms with van der Waals surface area (Å²) in [4.78, 5) is 25.3. The first-order chi connectivity index (χ1) is 9.45. The van der Waals surface area contributed by atoms with Crippen LogP contribution in [0.2, 0.25) is 0 Å². The highest BCUT2D eigenvalue weighted by Crippen LogP contribution is 2.37. The van der Waals surface area contributed by atoms with Crippen molar-refractivity contribution in [3.05, 3.63) is 34.7 Å². The van der Waals surface area contributed by atoms with E-state index in [2.05, 4.69) is 4.90 Å². The van der Waals surface area contributed by atoms with Crippen LogP contribution in [0.4, 0.5) is 0 Å². The van der Waals surface area contributed by atoms with E-state index in [1.165, 1.54) is 0 Å². The first kappa shape index (κ1) is 14.8. The fraction of sp³-hybridized carbons (Fsp3) is 0.600. The minimum absolute atomic E-state index is 0.0138. The van der Waals surface area contributed by atoms with E-state index in [1.54, 1.807) is 22.9 Å². The first-order valence-corrected chi connectivity index (χ1v) is 7.07. The van der Waals surface area contributed by atoms with Crippen LogP contribution in [0.5, 0.6) is 0 Å². The molecule has 110 valence electrons. The molecular weight excluding hydrogens is 256 g/mol. The molecule has 1 aromatic heterocycles. The zero-order valence-electron chi connectivity index (χ0n) is 12.1. The molecule has 20 heavy (non-hydrogen) atoms. The van der Waals surface area contributed by atoms with Gasteiger partial charge in [-0.2, -0.15) is 0 Å². The average Bonchev–Trinajstić information content (AvgIpc) is 2.83. The van der Waals surface area contributed by atoms with Gasteiger partial charge >= 0.3 is 5.97 Å². The largest absolute Gasteiger partial charge is 0.481 e. The Balaban J connectivity index is 1.99. The van der Waals surface area contributed by atoms with Crippen LogP contribution in [0.3, 0.4) is 0 Å². The molecule has 5 nitrogen and oxygen atoms in total. The first-order valence-electron chi connectivity index (χ1n) is 7.07. The number of carboxylic acids is 1. The Labute approximate surface area is 118 Å². The van der Waals surface area contributed by atoms with Gasteiger partial charge in [-0.25, -0.2) is 0 Å². The van der Waals surface area contributed by atoms with Crippen LogP contribution in [0.1, 0.15) is 20.3 Å². The van der Waals surface area contributed by atoms with Crippen LogP contribution in [0, 0.1) is 11.3 Å². The van der Waals surface area contributed by atoms with E-state index in [9.17, 15) is 14.7 Å². The van der Waals surface area contributed by atoms with E-state index in [1.807, 2.05) is 19.9 Å². The molecule has 0 saturated carbocycles. The second-order valence-corrected chi connectivity index (χ2v) is 5.87. The Morgan fingerprint density at radius 2 is 2.15 bits per heavy atom. The standard InChI is InChI=1S/C15H22N2O3/c1-12(2)15(14(19)20)6-8-16(11-15)9-10-17-7-4-3-5-13(17)18/h3-5,7,12H,6,8-11H2,1-2H3,(H,19,20). The number of aromatic nitrogens is 1. The van der Waals surface area contributed by atoms with Gasteiger partial charge in [0.15, 0.2) is 0 Å². The number of hydrogen-bond donors (Lipinski definition) is 1. The number of aliphatic carboxylic acids is 1. The zero-order valence-corrected chi connectivity index (χ0v) is 12.1. The van der Waals surface area contributed by atoms with Crippen LogP contribution >= 0.6 is 0 Å². The topological polar surface area (TPSA) is 62.5 Å². The molecule has 0 radical (unpaired) electrons. The molecule has 5 heteroatoms. The third kappa shape index (κ3) is 2.77. The third-order valence-electron chi connectivity index (χ3n) is 4.47. The molecule has 1 aliphatic heterocycles. The molecule has 1 saturated heterocycles. The quantitative estimate of drug-likeness (QED) is 0.881. The number of rotatable bonds is 5. The maximum absolute atomic E-state index is 11.6. The van der Waals surface area contributed by atoms with E-state index >= 15 is 0 Å². The van der Waals surface area contributed by atoms with Gasteiger partial charge < -0.3 is 14.6 Å². The van der Waals surface area contributed by atoms with Gasteiger partial charge in [0.2, 0.25) is 0 Å². The smallest absolute Gasteiger partial charge is 0.311 e. The number of hydrogen-bond acceptors (Lipinski definition) is 3. The number of carboxylic acid groups (broad SMARTS) is 1. The molecule has 0 bridgehead atoms. The van der Waals surface area contributed by atoms with Crippen molar-refractivity contribution >= 4 is 5.97 Å². The summed E-state index contributed by atoms with van der Waals surface area (Å²) < 4.78 is 1.66. The van der Waals surface area contributed by atoms with Gasteiger partial charge in [-0.3, -0.25) is 9.59 Å². The van der Waals surface area contributed by atoms with Crippen molar-refractivity contribution in [2.75, 3.05) is 19.6 Å². The van der Waals surface area contributed by atoms with Gasteiger partial charge in [-0.1, -0.05) is 19.9 Å². The van der Waals surface area contributed by atoms with Gasteiger partial charge in [-0.15, -0.1) is 0 Å². The van der Waals surface area contributed by atoms with E-state index in [4.69, 9.17) is 0 Å². The van der Waals surface area contributed by atoms with Crippen molar-refractivity contribution < 1.29 is 9.90 Å². The summed E-state index contributed by atoms with van der Waals surface area (Å²) in [6.07, 6.45) is 2.45. The predicted octanol–water partition coefficient (Wildman–Crippen LogP) is 1.28. The number of carbonyl (C=O) groups is 1. The molecule has 1 aliphatic rings. The Morgan fingerprint density at radius 1 is 1.40 bits per heavy atom. The highest BCUT2D eigenvalue weighted by molar-refractivity contribution is 5.75. The van der Waals surface area contributed by atoms with Crippen LogP contribution in [-0.2, 0) is 11.3 Å². The lowest BCUT2D eigenvalue weighted by Crippen LogP contribution is -2.40. The molecule has 2 rings (SSSR count). The SMILES string of the molecule is CC(C)C1(C(=O)O)CCN(CCn2ccccc2=O)C1. The fourth-order valence-electron chi connectivity index (χ4n) is 2.89. The molecule has 1 aromatic rings. The number of likely N-dealkylation sites (tertiary alicyclic amines) is 1. The Kier molecular flexibility index (Phi) is 4.28. The van der Waals surface area contributed by atoms with Crippen molar-refractivity contribution in [1.82, 2.24) is 9.47 Å². The second kappa shape index (κ2) is 5.79. The highest BCUT2D eigenvalue weighted by Gasteiger charge is 2.46. The number of pyridine rings is 1. The monoisotopic (exact) mass is 278 g/mol. The van der Waals surface area contributed by atoms with E-state index in [0.717, 1.165) is 6.54 Å². The van der Waals surface area contributed by atoms with Crippen LogP contribution in [0.15, 0.2) is 29.2 Å². The maximum atomic E-state index is 11.6. The minimum Gasteiger partial charge on any atom is -0.481 e. The summed E-state index contributed by atoms with van der Waals surface area (Å²) in [6.45, 7) is 6.62. The van der Waals surface area contributed by atoms with Gasteiger partial charge in [0, 0.05) is 31.9 Å². The molecule has 0 aliphatic carbocycles. The molecule has 1 fully saturated rings. The van der Waals surface area contributed by atoms with E-state index in [0.29, 0.717) is 26.1 Å². The predicted molar refractivity (Wildman–Crippen MR) is 76.7 cm³/mol. The van der Waals surface area contributed by atoms with Crippen molar-refractivity contribution in [1.29, 1.82) is 0 Å². The van der Waals surface area contributed by atoms with Gasteiger partial charge in [0.05, 0.1) is 5.41 Å². The Morgan fingerprint density at radius 3 is 2.70 bits per heavy atom. The molecule has 0 spiro atoms. The van der Waals surface area contributed by atoms with E-state index in [-0.39, 0.29) is 11.5 Å². The normalized spacial score (nSPS) is 23.4. The number of nitrogens with zero attached hydrogens (tertiary/aromatic N) is 2. The minimum atomic E-state index is -0.702. The fourth-order valence-corrected chi connectivity index (χ4v) is 2.89. The van der Waals surface area contributed by atoms with Crippen molar-refractivity contribution in [2.45, 2.75) is 26.8 Å². The zero-order chi connectivity index (χ0) is 14.8. The summed E-state index contributed by atoms with van der Waals surface area (Å²) >= 11 is 0. The van der Waals surface area contributed by atoms with Crippen LogP contribution in [0.25, 0.3) is 0 Å². The van der Waals surface area contributed by atoms with Crippen molar-refractivity contribution in [3.63, 3.8) is 0 Å². The lowest BCUT2D eigenvalue weighted by atomic mass is 9.76. The summed E-state index contributed by atoms with van der Waals surface area (Å²) in [5.41, 5.74) is -0.651. The second-order valence-electron chi connectivity index (χ2n) is 5.87. The van der Waals surface area contributed by atoms with Crippen LogP contribution < -0.4 is 5.56 Å². The summed E-state index contributed by atoms with van der Waals surface area (Å²) in [5.74, 6) is -0.587. The molecule has 1 unspecified atom stereocenters. The molecular formula is C15H22N2O3. The van der Waals surface area contributed by atoms with Crippen LogP contribution in [-0.4, -0.2) is 40.2 Å². The van der Waals surface area contributed by atoms with Crippen molar-refractivity contribution in [3.8, 4) is 0 Å². The summed E-state index contributed by atoms with van der Waals surface area (Å²) in [7, 11) is 0. The third-order valence-corrected chi connectivity index (χ3v) is 4.47. The molecule has 1 atom stereocenters. The lowest BCUT2D eigenvalue weighted by molar-refractivity contribution is -0.151. The molecule has 2 heterocycles. The van der Waals surface area contributed by atoms with Gasteiger partial charge in [0.1, 0.15) is 0 Å². The van der Waals surface area contributed by atoms with E-state index < -0.39 is 11.4 Å². The highest BCUT2D eigenvalue weighted by atomic mass is 16.4. The summed E-state index contributed by atoms with van der Waals surface area (Å²) in [5, 5.41) is 9.50. The molecule has 1 N–H and O–H groups in total.